The maximum atomic E-state index is 12.8. The highest BCUT2D eigenvalue weighted by molar-refractivity contribution is 7.93. The van der Waals surface area contributed by atoms with E-state index in [2.05, 4.69) is 32.1 Å². The van der Waals surface area contributed by atoms with E-state index < -0.39 is 9.73 Å². The van der Waals surface area contributed by atoms with Gasteiger partial charge in [-0.15, -0.1) is 0 Å². The molecule has 0 spiro atoms. The van der Waals surface area contributed by atoms with Crippen molar-refractivity contribution in [2.45, 2.75) is 65.1 Å². The molecule has 132 valence electrons. The summed E-state index contributed by atoms with van der Waals surface area (Å²) in [4.78, 5) is 0. The van der Waals surface area contributed by atoms with E-state index in [9.17, 15) is 4.21 Å². The normalized spacial score (nSPS) is 24.8. The van der Waals surface area contributed by atoms with E-state index in [0.29, 0.717) is 0 Å². The molecule has 24 heavy (non-hydrogen) atoms. The smallest absolute Gasteiger partial charge is 0.399 e. The Morgan fingerprint density at radius 2 is 1.62 bits per heavy atom. The van der Waals surface area contributed by atoms with Crippen LogP contribution in [0.5, 0.6) is 0 Å². The SMILES string of the molecule is Cc1cc(B2OC(C)(C)C(C)(C)O2)ccc1N=S1(=O)CCCCC1. The Labute approximate surface area is 146 Å². The van der Waals surface area contributed by atoms with Crippen LogP contribution in [0, 0.1) is 6.92 Å². The standard InChI is InChI=1S/C18H28BNO3S/c1-14-13-15(19-22-17(2,3)18(4,5)23-19)9-10-16(14)20-24(21)11-7-6-8-12-24/h9-10,13H,6-8,11-12H2,1-5H3. The van der Waals surface area contributed by atoms with Gasteiger partial charge >= 0.3 is 7.12 Å². The summed E-state index contributed by atoms with van der Waals surface area (Å²) in [5, 5.41) is 0. The molecule has 0 bridgehead atoms. The van der Waals surface area contributed by atoms with Crippen molar-refractivity contribution in [3.63, 3.8) is 0 Å². The lowest BCUT2D eigenvalue weighted by Crippen LogP contribution is -2.41. The lowest BCUT2D eigenvalue weighted by Gasteiger charge is -2.32. The van der Waals surface area contributed by atoms with Gasteiger partial charge < -0.3 is 9.31 Å². The van der Waals surface area contributed by atoms with Crippen LogP contribution in [0.25, 0.3) is 0 Å². The largest absolute Gasteiger partial charge is 0.494 e. The highest BCUT2D eigenvalue weighted by atomic mass is 32.2. The van der Waals surface area contributed by atoms with Crippen molar-refractivity contribution in [1.82, 2.24) is 0 Å². The maximum Gasteiger partial charge on any atom is 0.494 e. The molecule has 0 saturated carbocycles. The number of rotatable bonds is 2. The summed E-state index contributed by atoms with van der Waals surface area (Å²) < 4.78 is 29.7. The Kier molecular flexibility index (Phi) is 4.60. The van der Waals surface area contributed by atoms with E-state index in [0.717, 1.165) is 41.1 Å². The Hall–Kier alpha value is -0.845. The Balaban J connectivity index is 1.86. The summed E-state index contributed by atoms with van der Waals surface area (Å²) in [6.07, 6.45) is 3.22. The summed E-state index contributed by atoms with van der Waals surface area (Å²) in [5.41, 5.74) is 2.15. The zero-order valence-electron chi connectivity index (χ0n) is 15.4. The number of hydrogen-bond donors (Lipinski definition) is 0. The van der Waals surface area contributed by atoms with Gasteiger partial charge in [-0.3, -0.25) is 0 Å². The Bertz CT molecular complexity index is 723. The van der Waals surface area contributed by atoms with Gasteiger partial charge in [0.25, 0.3) is 0 Å². The van der Waals surface area contributed by atoms with Crippen molar-refractivity contribution >= 4 is 28.0 Å². The van der Waals surface area contributed by atoms with Gasteiger partial charge in [-0.2, -0.15) is 4.36 Å². The van der Waals surface area contributed by atoms with Crippen LogP contribution in [0.4, 0.5) is 5.69 Å². The molecule has 0 unspecified atom stereocenters. The first-order valence-electron chi connectivity index (χ1n) is 8.81. The Morgan fingerprint density at radius 3 is 2.17 bits per heavy atom. The summed E-state index contributed by atoms with van der Waals surface area (Å²) in [5.74, 6) is 1.46. The van der Waals surface area contributed by atoms with Crippen LogP contribution >= 0.6 is 0 Å². The second-order valence-corrected chi connectivity index (χ2v) is 10.5. The van der Waals surface area contributed by atoms with E-state index in [1.165, 1.54) is 6.42 Å². The molecular formula is C18H28BNO3S. The van der Waals surface area contributed by atoms with Crippen molar-refractivity contribution in [3.05, 3.63) is 23.8 Å². The molecule has 0 radical (unpaired) electrons. The topological polar surface area (TPSA) is 47.9 Å². The number of nitrogens with zero attached hydrogens (tertiary/aromatic N) is 1. The zero-order valence-corrected chi connectivity index (χ0v) is 16.2. The van der Waals surface area contributed by atoms with Gasteiger partial charge in [0.1, 0.15) is 0 Å². The molecule has 2 heterocycles. The minimum Gasteiger partial charge on any atom is -0.399 e. The third kappa shape index (κ3) is 3.42. The van der Waals surface area contributed by atoms with E-state index >= 15 is 0 Å². The minimum atomic E-state index is -2.07. The number of hydrogen-bond acceptors (Lipinski definition) is 4. The van der Waals surface area contributed by atoms with Crippen molar-refractivity contribution in [1.29, 1.82) is 0 Å². The second-order valence-electron chi connectivity index (χ2n) is 7.97. The van der Waals surface area contributed by atoms with Gasteiger partial charge in [-0.1, -0.05) is 18.6 Å². The average Bonchev–Trinajstić information content (AvgIpc) is 2.70. The molecular weight excluding hydrogens is 321 g/mol. The van der Waals surface area contributed by atoms with Gasteiger partial charge in [0.2, 0.25) is 0 Å². The highest BCUT2D eigenvalue weighted by Gasteiger charge is 2.51. The summed E-state index contributed by atoms with van der Waals surface area (Å²) >= 11 is 0. The fourth-order valence-corrected chi connectivity index (χ4v) is 5.37. The summed E-state index contributed by atoms with van der Waals surface area (Å²) in [7, 11) is -2.44. The first kappa shape index (κ1) is 18.0. The van der Waals surface area contributed by atoms with E-state index in [-0.39, 0.29) is 18.3 Å². The third-order valence-electron chi connectivity index (χ3n) is 5.44. The fourth-order valence-electron chi connectivity index (χ4n) is 3.11. The molecule has 1 aromatic rings. The predicted octanol–water partition coefficient (Wildman–Crippen LogP) is 3.58. The van der Waals surface area contributed by atoms with E-state index in [4.69, 9.17) is 9.31 Å². The lowest BCUT2D eigenvalue weighted by atomic mass is 9.78. The average molecular weight is 349 g/mol. The van der Waals surface area contributed by atoms with Crippen molar-refractivity contribution < 1.29 is 13.5 Å². The van der Waals surface area contributed by atoms with Gasteiger partial charge in [0, 0.05) is 11.5 Å². The summed E-state index contributed by atoms with van der Waals surface area (Å²) in [6, 6.07) is 5.99. The molecule has 6 heteroatoms. The molecule has 2 fully saturated rings. The number of aryl methyl sites for hydroxylation is 1. The Morgan fingerprint density at radius 1 is 1.04 bits per heavy atom. The molecule has 0 amide bonds. The molecule has 0 N–H and O–H groups in total. The molecule has 2 aliphatic heterocycles. The van der Waals surface area contributed by atoms with Crippen molar-refractivity contribution in [3.8, 4) is 0 Å². The fraction of sp³-hybridized carbons (Fsp3) is 0.667. The van der Waals surface area contributed by atoms with Crippen LogP contribution in [0.2, 0.25) is 0 Å². The first-order valence-corrected chi connectivity index (χ1v) is 10.7. The highest BCUT2D eigenvalue weighted by Crippen LogP contribution is 2.36. The third-order valence-corrected chi connectivity index (χ3v) is 7.82. The van der Waals surface area contributed by atoms with Crippen molar-refractivity contribution in [2.75, 3.05) is 11.5 Å². The molecule has 3 rings (SSSR count). The zero-order chi connectivity index (χ0) is 17.6. The quantitative estimate of drug-likeness (QED) is 0.767. The van der Waals surface area contributed by atoms with Crippen LogP contribution in [0.3, 0.4) is 0 Å². The van der Waals surface area contributed by atoms with Crippen molar-refractivity contribution in [2.24, 2.45) is 4.36 Å². The molecule has 2 aliphatic rings. The predicted molar refractivity (Wildman–Crippen MR) is 101 cm³/mol. The van der Waals surface area contributed by atoms with Crippen LogP contribution in [0.15, 0.2) is 22.6 Å². The monoisotopic (exact) mass is 349 g/mol. The number of benzene rings is 1. The van der Waals surface area contributed by atoms with Crippen LogP contribution in [-0.4, -0.2) is 34.0 Å². The first-order chi connectivity index (χ1) is 11.1. The van der Waals surface area contributed by atoms with Gasteiger partial charge in [-0.05, 0) is 64.6 Å². The lowest BCUT2D eigenvalue weighted by molar-refractivity contribution is 0.00578. The summed E-state index contributed by atoms with van der Waals surface area (Å²) in [6.45, 7) is 10.2. The van der Waals surface area contributed by atoms with Crippen LogP contribution < -0.4 is 5.46 Å². The van der Waals surface area contributed by atoms with Gasteiger partial charge in [0.05, 0.1) is 26.6 Å². The van der Waals surface area contributed by atoms with Crippen LogP contribution in [-0.2, 0) is 19.0 Å². The van der Waals surface area contributed by atoms with Crippen LogP contribution in [0.1, 0.15) is 52.5 Å². The van der Waals surface area contributed by atoms with Gasteiger partial charge in [0.15, 0.2) is 0 Å². The molecule has 1 aromatic carbocycles. The van der Waals surface area contributed by atoms with E-state index in [1.807, 2.05) is 25.1 Å². The molecule has 0 atom stereocenters. The molecule has 0 aromatic heterocycles. The minimum absolute atomic E-state index is 0.347. The molecule has 4 nitrogen and oxygen atoms in total. The van der Waals surface area contributed by atoms with Gasteiger partial charge in [-0.25, -0.2) is 4.21 Å². The van der Waals surface area contributed by atoms with E-state index in [1.54, 1.807) is 0 Å². The molecule has 0 aliphatic carbocycles. The second kappa shape index (κ2) is 6.15. The maximum absolute atomic E-state index is 12.8. The molecule has 2 saturated heterocycles.